The maximum atomic E-state index is 12.9. The Bertz CT molecular complexity index is 1080. The van der Waals surface area contributed by atoms with Gasteiger partial charge in [-0.15, -0.1) is 5.10 Å². The molecule has 2 amide bonds. The van der Waals surface area contributed by atoms with E-state index in [1.165, 1.54) is 11.6 Å². The molecule has 3 heterocycles. The van der Waals surface area contributed by atoms with E-state index < -0.39 is 0 Å². The fourth-order valence-electron chi connectivity index (χ4n) is 3.68. The van der Waals surface area contributed by atoms with Crippen LogP contribution in [0.2, 0.25) is 0 Å². The standard InChI is InChI=1S/C18H22N6O3/c1-3-22-14-6-4-5-7-15(14)24-17(22)19-23(18(24)27)12-16(26)21-10-8-20(9-11-21)13(2)25/h4-7H,3,8-12H2,1-2H3. The van der Waals surface area contributed by atoms with E-state index in [4.69, 9.17) is 0 Å². The molecular weight excluding hydrogens is 348 g/mol. The molecule has 9 nitrogen and oxygen atoms in total. The fourth-order valence-corrected chi connectivity index (χ4v) is 3.68. The van der Waals surface area contributed by atoms with E-state index in [2.05, 4.69) is 5.10 Å². The first-order valence-electron chi connectivity index (χ1n) is 9.11. The summed E-state index contributed by atoms with van der Waals surface area (Å²) in [7, 11) is 0. The van der Waals surface area contributed by atoms with Crippen molar-refractivity contribution in [3.05, 3.63) is 34.7 Å². The molecule has 27 heavy (non-hydrogen) atoms. The van der Waals surface area contributed by atoms with Crippen molar-refractivity contribution in [3.63, 3.8) is 0 Å². The van der Waals surface area contributed by atoms with Crippen molar-refractivity contribution in [2.45, 2.75) is 26.9 Å². The maximum absolute atomic E-state index is 12.9. The van der Waals surface area contributed by atoms with Gasteiger partial charge in [-0.25, -0.2) is 13.9 Å². The molecule has 4 rings (SSSR count). The Balaban J connectivity index is 1.62. The Morgan fingerprint density at radius 2 is 1.67 bits per heavy atom. The summed E-state index contributed by atoms with van der Waals surface area (Å²) in [6.45, 7) is 6.10. The molecule has 0 spiro atoms. The average Bonchev–Trinajstić information content (AvgIpc) is 3.16. The lowest BCUT2D eigenvalue weighted by Crippen LogP contribution is -2.51. The van der Waals surface area contributed by atoms with E-state index in [0.717, 1.165) is 11.0 Å². The number of carbonyl (C=O) groups excluding carboxylic acids is 2. The maximum Gasteiger partial charge on any atom is 0.352 e. The third kappa shape index (κ3) is 2.79. The van der Waals surface area contributed by atoms with Gasteiger partial charge in [0.15, 0.2) is 0 Å². The molecule has 1 aliphatic rings. The van der Waals surface area contributed by atoms with Gasteiger partial charge in [0.05, 0.1) is 11.0 Å². The minimum atomic E-state index is -0.316. The largest absolute Gasteiger partial charge is 0.352 e. The van der Waals surface area contributed by atoms with E-state index in [-0.39, 0.29) is 24.0 Å². The molecule has 1 fully saturated rings. The molecule has 0 N–H and O–H groups in total. The van der Waals surface area contributed by atoms with Crippen molar-refractivity contribution >= 4 is 28.6 Å². The number of hydrogen-bond donors (Lipinski definition) is 0. The summed E-state index contributed by atoms with van der Waals surface area (Å²) in [5, 5.41) is 4.42. The predicted octanol–water partition coefficient (Wildman–Crippen LogP) is 0.161. The van der Waals surface area contributed by atoms with Crippen LogP contribution in [0.25, 0.3) is 16.8 Å². The number of nitrogens with zero attached hydrogens (tertiary/aromatic N) is 6. The van der Waals surface area contributed by atoms with Crippen LogP contribution in [0, 0.1) is 0 Å². The molecule has 142 valence electrons. The van der Waals surface area contributed by atoms with Gasteiger partial charge in [-0.2, -0.15) is 0 Å². The molecule has 1 aromatic carbocycles. The summed E-state index contributed by atoms with van der Waals surface area (Å²) in [6, 6.07) is 7.64. The third-order valence-corrected chi connectivity index (χ3v) is 5.16. The SMILES string of the molecule is CCn1c2ccccc2n2c(=O)n(CC(=O)N3CCN(C(C)=O)CC3)nc12. The van der Waals surface area contributed by atoms with Crippen LogP contribution in [-0.2, 0) is 22.7 Å². The highest BCUT2D eigenvalue weighted by molar-refractivity contribution is 5.81. The zero-order valence-corrected chi connectivity index (χ0v) is 15.5. The summed E-state index contributed by atoms with van der Waals surface area (Å²) >= 11 is 0. The number of hydrogen-bond acceptors (Lipinski definition) is 4. The number of carbonyl (C=O) groups is 2. The number of aryl methyl sites for hydroxylation is 1. The summed E-state index contributed by atoms with van der Waals surface area (Å²) in [4.78, 5) is 40.3. The Labute approximate surface area is 155 Å². The van der Waals surface area contributed by atoms with Crippen LogP contribution in [0.3, 0.4) is 0 Å². The second kappa shape index (κ2) is 6.57. The number of imidazole rings is 1. The molecule has 0 unspecified atom stereocenters. The number of rotatable bonds is 3. The lowest BCUT2D eigenvalue weighted by molar-refractivity contribution is -0.139. The summed E-state index contributed by atoms with van der Waals surface area (Å²) in [6.07, 6.45) is 0. The van der Waals surface area contributed by atoms with Gasteiger partial charge in [-0.1, -0.05) is 12.1 Å². The smallest absolute Gasteiger partial charge is 0.339 e. The minimum Gasteiger partial charge on any atom is -0.339 e. The van der Waals surface area contributed by atoms with Crippen LogP contribution in [-0.4, -0.2) is 66.5 Å². The number of benzene rings is 1. The van der Waals surface area contributed by atoms with Crippen LogP contribution in [0.1, 0.15) is 13.8 Å². The minimum absolute atomic E-state index is 0.0159. The second-order valence-corrected chi connectivity index (χ2v) is 6.70. The topological polar surface area (TPSA) is 84.9 Å². The Morgan fingerprint density at radius 1 is 1.04 bits per heavy atom. The van der Waals surface area contributed by atoms with E-state index in [9.17, 15) is 14.4 Å². The van der Waals surface area contributed by atoms with Gasteiger partial charge in [0.25, 0.3) is 0 Å². The number of aromatic nitrogens is 4. The van der Waals surface area contributed by atoms with Crippen molar-refractivity contribution in [1.82, 2.24) is 28.5 Å². The number of piperazine rings is 1. The molecule has 3 aromatic rings. The predicted molar refractivity (Wildman–Crippen MR) is 99.5 cm³/mol. The molecule has 1 aliphatic heterocycles. The molecule has 0 radical (unpaired) electrons. The molecule has 0 saturated carbocycles. The van der Waals surface area contributed by atoms with Crippen LogP contribution in [0.15, 0.2) is 29.1 Å². The second-order valence-electron chi connectivity index (χ2n) is 6.70. The monoisotopic (exact) mass is 370 g/mol. The van der Waals surface area contributed by atoms with E-state index >= 15 is 0 Å². The first kappa shape index (κ1) is 17.3. The van der Waals surface area contributed by atoms with Crippen molar-refractivity contribution in [1.29, 1.82) is 0 Å². The van der Waals surface area contributed by atoms with Gasteiger partial charge in [-0.3, -0.25) is 9.59 Å². The average molecular weight is 370 g/mol. The number of fused-ring (bicyclic) bond motifs is 3. The highest BCUT2D eigenvalue weighted by Crippen LogP contribution is 2.18. The van der Waals surface area contributed by atoms with Crippen LogP contribution < -0.4 is 5.69 Å². The van der Waals surface area contributed by atoms with Gasteiger partial charge in [-0.05, 0) is 19.1 Å². The molecule has 1 saturated heterocycles. The Kier molecular flexibility index (Phi) is 4.21. The number of para-hydroxylation sites is 2. The van der Waals surface area contributed by atoms with Crippen molar-refractivity contribution in [3.8, 4) is 0 Å². The normalized spacial score (nSPS) is 15.0. The van der Waals surface area contributed by atoms with Crippen LogP contribution in [0.5, 0.6) is 0 Å². The highest BCUT2D eigenvalue weighted by atomic mass is 16.2. The van der Waals surface area contributed by atoms with Crippen LogP contribution >= 0.6 is 0 Å². The van der Waals surface area contributed by atoms with Gasteiger partial charge in [0, 0.05) is 39.6 Å². The molecule has 0 atom stereocenters. The molecule has 9 heteroatoms. The third-order valence-electron chi connectivity index (χ3n) is 5.16. The Hall–Kier alpha value is -3.10. The summed E-state index contributed by atoms with van der Waals surface area (Å²) in [5.74, 6) is 0.397. The van der Waals surface area contributed by atoms with E-state index in [0.29, 0.717) is 38.5 Å². The number of amides is 2. The first-order chi connectivity index (χ1) is 13.0. The molecule has 0 bridgehead atoms. The van der Waals surface area contributed by atoms with Gasteiger partial charge < -0.3 is 14.4 Å². The molecular formula is C18H22N6O3. The van der Waals surface area contributed by atoms with Gasteiger partial charge >= 0.3 is 5.69 Å². The van der Waals surface area contributed by atoms with Crippen molar-refractivity contribution in [2.75, 3.05) is 26.2 Å². The molecule has 0 aliphatic carbocycles. The summed E-state index contributed by atoms with van der Waals surface area (Å²) < 4.78 is 4.75. The highest BCUT2D eigenvalue weighted by Gasteiger charge is 2.24. The first-order valence-corrected chi connectivity index (χ1v) is 9.11. The van der Waals surface area contributed by atoms with Gasteiger partial charge in [0.1, 0.15) is 6.54 Å². The quantitative estimate of drug-likeness (QED) is 0.657. The zero-order valence-electron chi connectivity index (χ0n) is 15.5. The van der Waals surface area contributed by atoms with Crippen LogP contribution in [0.4, 0.5) is 0 Å². The van der Waals surface area contributed by atoms with E-state index in [1.807, 2.05) is 35.8 Å². The fraction of sp³-hybridized carbons (Fsp3) is 0.444. The Morgan fingerprint density at radius 3 is 2.30 bits per heavy atom. The lowest BCUT2D eigenvalue weighted by Gasteiger charge is -2.34. The lowest BCUT2D eigenvalue weighted by atomic mass is 10.3. The van der Waals surface area contributed by atoms with Crippen molar-refractivity contribution in [2.24, 2.45) is 0 Å². The van der Waals surface area contributed by atoms with Gasteiger partial charge in [0.2, 0.25) is 17.6 Å². The zero-order chi connectivity index (χ0) is 19.1. The van der Waals surface area contributed by atoms with Crippen molar-refractivity contribution < 1.29 is 9.59 Å². The summed E-state index contributed by atoms with van der Waals surface area (Å²) in [5.41, 5.74) is 1.41. The van der Waals surface area contributed by atoms with E-state index in [1.54, 1.807) is 14.2 Å². The molecule has 2 aromatic heterocycles.